The molecule has 2 rings (SSSR count). The average Bonchev–Trinajstić information content (AvgIpc) is 2.39. The second-order valence-corrected chi connectivity index (χ2v) is 7.09. The minimum atomic E-state index is -3.67. The third kappa shape index (κ3) is 3.71. The van der Waals surface area contributed by atoms with E-state index in [0.717, 1.165) is 11.1 Å². The zero-order valence-corrected chi connectivity index (χ0v) is 12.5. The molecule has 0 atom stereocenters. The molecule has 0 N–H and O–H groups in total. The Hall–Kier alpha value is -1.59. The fourth-order valence-electron chi connectivity index (χ4n) is 1.90. The van der Waals surface area contributed by atoms with E-state index in [2.05, 4.69) is 0 Å². The summed E-state index contributed by atoms with van der Waals surface area (Å²) in [5.41, 5.74) is 2.07. The lowest BCUT2D eigenvalue weighted by molar-refractivity contribution is -0.125. The van der Waals surface area contributed by atoms with E-state index in [9.17, 15) is 13.2 Å². The van der Waals surface area contributed by atoms with Gasteiger partial charge in [-0.05, 0) is 35.8 Å². The first-order valence-electron chi connectivity index (χ1n) is 6.04. The monoisotopic (exact) mass is 311 g/mol. The van der Waals surface area contributed by atoms with Crippen LogP contribution in [0.15, 0.2) is 53.1 Å². The van der Waals surface area contributed by atoms with Crippen LogP contribution in [0.3, 0.4) is 0 Å². The van der Waals surface area contributed by atoms with Crippen LogP contribution in [-0.4, -0.2) is 25.8 Å². The van der Waals surface area contributed by atoms with Gasteiger partial charge in [0.1, 0.15) is 0 Å². The Morgan fingerprint density at radius 3 is 2.40 bits per heavy atom. The highest BCUT2D eigenvalue weighted by Gasteiger charge is 2.11. The van der Waals surface area contributed by atoms with E-state index in [1.54, 1.807) is 23.2 Å². The van der Waals surface area contributed by atoms with Gasteiger partial charge in [0, 0.05) is 30.4 Å². The maximum absolute atomic E-state index is 11.2. The molecule has 0 aromatic heterocycles. The predicted octanol–water partition coefficient (Wildman–Crippen LogP) is 2.46. The van der Waals surface area contributed by atoms with Gasteiger partial charge in [-0.2, -0.15) is 0 Å². The topological polar surface area (TPSA) is 54.5 Å². The molecule has 1 amide bonds. The van der Waals surface area contributed by atoms with E-state index in [0.29, 0.717) is 13.0 Å². The summed E-state index contributed by atoms with van der Waals surface area (Å²) in [6, 6.07) is 6.46. The largest absolute Gasteiger partial charge is 0.315 e. The molecule has 20 heavy (non-hydrogen) atoms. The molecule has 1 aromatic rings. The number of benzene rings is 1. The highest BCUT2D eigenvalue weighted by molar-refractivity contribution is 8.13. The standard InChI is InChI=1S/C14H14ClNO3S/c1-11(17)16-8-6-13(7-9-16)10-12-2-4-14(5-3-12)20(15,18)19/h2-8H,9-10H2,1H3. The fraction of sp³-hybridized carbons (Fsp3) is 0.214. The molecule has 0 aliphatic carbocycles. The highest BCUT2D eigenvalue weighted by atomic mass is 35.7. The summed E-state index contributed by atoms with van der Waals surface area (Å²) in [5, 5.41) is 0. The molecule has 0 saturated heterocycles. The Morgan fingerprint density at radius 1 is 1.30 bits per heavy atom. The minimum Gasteiger partial charge on any atom is -0.315 e. The zero-order valence-electron chi connectivity index (χ0n) is 10.9. The van der Waals surface area contributed by atoms with Gasteiger partial charge < -0.3 is 4.90 Å². The number of carbonyl (C=O) groups excluding carboxylic acids is 1. The van der Waals surface area contributed by atoms with Crippen molar-refractivity contribution in [3.05, 3.63) is 53.8 Å². The van der Waals surface area contributed by atoms with Crippen molar-refractivity contribution in [1.29, 1.82) is 0 Å². The number of rotatable bonds is 3. The Bertz CT molecular complexity index is 675. The number of amides is 1. The molecule has 1 aromatic carbocycles. The van der Waals surface area contributed by atoms with Gasteiger partial charge in [-0.3, -0.25) is 4.79 Å². The number of carbonyl (C=O) groups is 1. The molecule has 0 radical (unpaired) electrons. The molecule has 0 bridgehead atoms. The van der Waals surface area contributed by atoms with Crippen LogP contribution in [0.5, 0.6) is 0 Å². The first-order valence-corrected chi connectivity index (χ1v) is 8.35. The van der Waals surface area contributed by atoms with Crippen molar-refractivity contribution in [2.75, 3.05) is 6.54 Å². The Morgan fingerprint density at radius 2 is 1.95 bits per heavy atom. The Balaban J connectivity index is 2.05. The van der Waals surface area contributed by atoms with Crippen LogP contribution in [0.25, 0.3) is 0 Å². The normalized spacial score (nSPS) is 15.1. The molecule has 0 spiro atoms. The van der Waals surface area contributed by atoms with E-state index >= 15 is 0 Å². The quantitative estimate of drug-likeness (QED) is 0.806. The van der Waals surface area contributed by atoms with Gasteiger partial charge in [0.05, 0.1) is 4.90 Å². The Labute approximate surface area is 122 Å². The fourth-order valence-corrected chi connectivity index (χ4v) is 2.67. The second kappa shape index (κ2) is 5.81. The third-order valence-corrected chi connectivity index (χ3v) is 4.41. The summed E-state index contributed by atoms with van der Waals surface area (Å²) in [6.45, 7) is 2.09. The molecule has 0 fully saturated rings. The molecule has 1 aliphatic heterocycles. The van der Waals surface area contributed by atoms with Crippen molar-refractivity contribution in [3.8, 4) is 0 Å². The Kier molecular flexibility index (Phi) is 4.30. The van der Waals surface area contributed by atoms with Crippen molar-refractivity contribution in [1.82, 2.24) is 4.90 Å². The average molecular weight is 312 g/mol. The van der Waals surface area contributed by atoms with Crippen LogP contribution in [0.4, 0.5) is 0 Å². The van der Waals surface area contributed by atoms with Crippen molar-refractivity contribution in [2.45, 2.75) is 18.2 Å². The summed E-state index contributed by atoms with van der Waals surface area (Å²) < 4.78 is 22.3. The van der Waals surface area contributed by atoms with E-state index in [1.165, 1.54) is 19.1 Å². The molecule has 4 nitrogen and oxygen atoms in total. The number of hydrogen-bond donors (Lipinski definition) is 0. The molecule has 106 valence electrons. The molecule has 6 heteroatoms. The lowest BCUT2D eigenvalue weighted by Gasteiger charge is -2.19. The van der Waals surface area contributed by atoms with Gasteiger partial charge in [-0.1, -0.05) is 18.2 Å². The predicted molar refractivity (Wildman–Crippen MR) is 77.8 cm³/mol. The maximum Gasteiger partial charge on any atom is 0.261 e. The molecular weight excluding hydrogens is 298 g/mol. The highest BCUT2D eigenvalue weighted by Crippen LogP contribution is 2.18. The summed E-state index contributed by atoms with van der Waals surface area (Å²) in [4.78, 5) is 12.9. The van der Waals surface area contributed by atoms with E-state index in [1.807, 2.05) is 12.2 Å². The van der Waals surface area contributed by atoms with Gasteiger partial charge in [-0.25, -0.2) is 8.42 Å². The van der Waals surface area contributed by atoms with Crippen LogP contribution >= 0.6 is 10.7 Å². The van der Waals surface area contributed by atoms with Crippen LogP contribution in [-0.2, 0) is 20.3 Å². The molecule has 0 saturated carbocycles. The van der Waals surface area contributed by atoms with Gasteiger partial charge in [0.2, 0.25) is 5.91 Å². The van der Waals surface area contributed by atoms with Crippen LogP contribution in [0.2, 0.25) is 0 Å². The number of halogens is 1. The summed E-state index contributed by atoms with van der Waals surface area (Å²) in [7, 11) is 1.59. The number of allylic oxidation sites excluding steroid dienone is 2. The van der Waals surface area contributed by atoms with E-state index in [-0.39, 0.29) is 10.8 Å². The third-order valence-electron chi connectivity index (χ3n) is 3.04. The lowest BCUT2D eigenvalue weighted by Crippen LogP contribution is -2.24. The van der Waals surface area contributed by atoms with Gasteiger partial charge >= 0.3 is 0 Å². The molecule has 0 unspecified atom stereocenters. The second-order valence-electron chi connectivity index (χ2n) is 4.52. The number of nitrogens with zero attached hydrogens (tertiary/aromatic N) is 1. The molecular formula is C14H14ClNO3S. The number of hydrogen-bond acceptors (Lipinski definition) is 3. The molecule has 1 heterocycles. The minimum absolute atomic E-state index is 0.00761. The first kappa shape index (κ1) is 14.8. The van der Waals surface area contributed by atoms with Gasteiger partial charge in [0.25, 0.3) is 9.05 Å². The van der Waals surface area contributed by atoms with Crippen LogP contribution in [0, 0.1) is 0 Å². The lowest BCUT2D eigenvalue weighted by atomic mass is 10.0. The van der Waals surface area contributed by atoms with Crippen molar-refractivity contribution < 1.29 is 13.2 Å². The van der Waals surface area contributed by atoms with E-state index < -0.39 is 9.05 Å². The summed E-state index contributed by atoms with van der Waals surface area (Å²) in [5.74, 6) is 0.00761. The van der Waals surface area contributed by atoms with Crippen molar-refractivity contribution >= 4 is 25.6 Å². The van der Waals surface area contributed by atoms with Crippen molar-refractivity contribution in [3.63, 3.8) is 0 Å². The van der Waals surface area contributed by atoms with Gasteiger partial charge in [-0.15, -0.1) is 0 Å². The van der Waals surface area contributed by atoms with E-state index in [4.69, 9.17) is 10.7 Å². The van der Waals surface area contributed by atoms with Gasteiger partial charge in [0.15, 0.2) is 0 Å². The summed E-state index contributed by atoms with van der Waals surface area (Å²) >= 11 is 0. The van der Waals surface area contributed by atoms with Crippen LogP contribution in [0.1, 0.15) is 12.5 Å². The van der Waals surface area contributed by atoms with Crippen molar-refractivity contribution in [2.24, 2.45) is 0 Å². The SMILES string of the molecule is CC(=O)N1C=CC(Cc2ccc(S(=O)(=O)Cl)cc2)=CC1. The molecule has 1 aliphatic rings. The first-order chi connectivity index (χ1) is 9.36. The smallest absolute Gasteiger partial charge is 0.261 e. The van der Waals surface area contributed by atoms with Crippen LogP contribution < -0.4 is 0 Å². The summed E-state index contributed by atoms with van der Waals surface area (Å²) in [6.07, 6.45) is 6.31. The maximum atomic E-state index is 11.2. The zero-order chi connectivity index (χ0) is 14.8.